The molecule has 0 radical (unpaired) electrons. The van der Waals surface area contributed by atoms with Gasteiger partial charge in [-0.1, -0.05) is 38.1 Å². The van der Waals surface area contributed by atoms with Crippen LogP contribution in [0.1, 0.15) is 44.2 Å². The van der Waals surface area contributed by atoms with Gasteiger partial charge in [0.05, 0.1) is 0 Å². The summed E-state index contributed by atoms with van der Waals surface area (Å²) in [7, 11) is 0. The zero-order valence-corrected chi connectivity index (χ0v) is 13.3. The van der Waals surface area contributed by atoms with Gasteiger partial charge < -0.3 is 10.2 Å². The quantitative estimate of drug-likeness (QED) is 0.832. The van der Waals surface area contributed by atoms with Crippen LogP contribution in [0.3, 0.4) is 0 Å². The molecule has 0 spiro atoms. The largest absolute Gasteiger partial charge is 0.508 e. The monoisotopic (exact) mass is 296 g/mol. The van der Waals surface area contributed by atoms with Gasteiger partial charge in [-0.3, -0.25) is 0 Å². The molecule has 116 valence electrons. The summed E-state index contributed by atoms with van der Waals surface area (Å²) in [6, 6.07) is 15.3. The van der Waals surface area contributed by atoms with Crippen molar-refractivity contribution in [2.75, 3.05) is 0 Å². The molecule has 0 bridgehead atoms. The summed E-state index contributed by atoms with van der Waals surface area (Å²) in [5.41, 5.74) is 2.49. The van der Waals surface area contributed by atoms with Crippen molar-refractivity contribution in [2.24, 2.45) is 11.8 Å². The Bertz CT molecular complexity index is 582. The highest BCUT2D eigenvalue weighted by Crippen LogP contribution is 2.50. The van der Waals surface area contributed by atoms with E-state index in [-0.39, 0.29) is 5.41 Å². The third-order valence-electron chi connectivity index (χ3n) is 5.39. The van der Waals surface area contributed by atoms with E-state index in [9.17, 15) is 10.2 Å². The predicted molar refractivity (Wildman–Crippen MR) is 89.2 cm³/mol. The van der Waals surface area contributed by atoms with Crippen molar-refractivity contribution in [3.05, 3.63) is 59.7 Å². The van der Waals surface area contributed by atoms with Crippen LogP contribution in [0.2, 0.25) is 0 Å². The summed E-state index contributed by atoms with van der Waals surface area (Å²) in [5.74, 6) is 1.88. The summed E-state index contributed by atoms with van der Waals surface area (Å²) in [5, 5.41) is 19.2. The third-order valence-corrected chi connectivity index (χ3v) is 5.39. The second-order valence-corrected chi connectivity index (χ2v) is 6.85. The van der Waals surface area contributed by atoms with Crippen LogP contribution in [0.15, 0.2) is 48.5 Å². The van der Waals surface area contributed by atoms with Crippen LogP contribution in [0, 0.1) is 11.8 Å². The first-order valence-electron chi connectivity index (χ1n) is 8.11. The van der Waals surface area contributed by atoms with Crippen molar-refractivity contribution in [1.82, 2.24) is 0 Å². The molecular formula is C20H24O2. The topological polar surface area (TPSA) is 40.5 Å². The summed E-state index contributed by atoms with van der Waals surface area (Å²) in [4.78, 5) is 0. The van der Waals surface area contributed by atoms with E-state index in [1.165, 1.54) is 24.0 Å². The Balaban J connectivity index is 2.13. The number of aromatic hydroxyl groups is 2. The van der Waals surface area contributed by atoms with Gasteiger partial charge in [-0.05, 0) is 66.5 Å². The van der Waals surface area contributed by atoms with Gasteiger partial charge in [-0.2, -0.15) is 0 Å². The molecule has 2 heteroatoms. The molecule has 3 rings (SSSR count). The van der Waals surface area contributed by atoms with Crippen molar-refractivity contribution < 1.29 is 10.2 Å². The van der Waals surface area contributed by atoms with Crippen LogP contribution in [0.25, 0.3) is 0 Å². The highest BCUT2D eigenvalue weighted by atomic mass is 16.3. The standard InChI is InChI=1S/C20H24O2/c1-14-11-12-20(15(2)13-14,16-3-7-18(21)8-4-16)17-5-9-19(22)10-6-17/h3-10,14-15,21-22H,11-13H2,1-2H3. The molecular weight excluding hydrogens is 272 g/mol. The Labute approximate surface area is 132 Å². The Morgan fingerprint density at radius 1 is 0.818 bits per heavy atom. The molecule has 2 aromatic carbocycles. The van der Waals surface area contributed by atoms with E-state index in [1.54, 1.807) is 24.3 Å². The fourth-order valence-electron chi connectivity index (χ4n) is 4.19. The molecule has 22 heavy (non-hydrogen) atoms. The minimum Gasteiger partial charge on any atom is -0.508 e. The van der Waals surface area contributed by atoms with Crippen molar-refractivity contribution in [3.63, 3.8) is 0 Å². The van der Waals surface area contributed by atoms with Gasteiger partial charge in [0, 0.05) is 5.41 Å². The lowest BCUT2D eigenvalue weighted by Gasteiger charge is -2.46. The molecule has 2 atom stereocenters. The van der Waals surface area contributed by atoms with Crippen molar-refractivity contribution in [3.8, 4) is 11.5 Å². The lowest BCUT2D eigenvalue weighted by molar-refractivity contribution is 0.194. The molecule has 2 unspecified atom stereocenters. The average molecular weight is 296 g/mol. The maximum absolute atomic E-state index is 9.62. The molecule has 2 nitrogen and oxygen atoms in total. The summed E-state index contributed by atoms with van der Waals surface area (Å²) in [6.07, 6.45) is 3.50. The van der Waals surface area contributed by atoms with Crippen molar-refractivity contribution in [2.45, 2.75) is 38.5 Å². The number of rotatable bonds is 2. The molecule has 0 heterocycles. The molecule has 1 fully saturated rings. The number of hydrogen-bond donors (Lipinski definition) is 2. The molecule has 2 aromatic rings. The van der Waals surface area contributed by atoms with E-state index in [0.29, 0.717) is 17.4 Å². The molecule has 0 aromatic heterocycles. The van der Waals surface area contributed by atoms with Crippen LogP contribution < -0.4 is 0 Å². The third kappa shape index (κ3) is 2.47. The van der Waals surface area contributed by atoms with Gasteiger partial charge >= 0.3 is 0 Å². The number of hydrogen-bond acceptors (Lipinski definition) is 2. The van der Waals surface area contributed by atoms with Gasteiger partial charge in [0.15, 0.2) is 0 Å². The molecule has 0 aliphatic heterocycles. The molecule has 0 saturated heterocycles. The lowest BCUT2D eigenvalue weighted by Crippen LogP contribution is -2.39. The Kier molecular flexibility index (Phi) is 3.86. The number of phenolic OH excluding ortho intramolecular Hbond substituents is 2. The van der Waals surface area contributed by atoms with Gasteiger partial charge in [0.1, 0.15) is 11.5 Å². The number of benzene rings is 2. The second kappa shape index (κ2) is 5.68. The van der Waals surface area contributed by atoms with Crippen LogP contribution in [-0.4, -0.2) is 10.2 Å². The van der Waals surface area contributed by atoms with E-state index < -0.39 is 0 Å². The van der Waals surface area contributed by atoms with Gasteiger partial charge in [-0.25, -0.2) is 0 Å². The van der Waals surface area contributed by atoms with E-state index in [0.717, 1.165) is 12.3 Å². The Hall–Kier alpha value is -1.96. The number of phenols is 2. The predicted octanol–water partition coefficient (Wildman–Crippen LogP) is 4.84. The SMILES string of the molecule is CC1CCC(c2ccc(O)cc2)(c2ccc(O)cc2)C(C)C1. The second-order valence-electron chi connectivity index (χ2n) is 6.85. The minimum atomic E-state index is -0.0338. The van der Waals surface area contributed by atoms with E-state index in [2.05, 4.69) is 38.1 Å². The van der Waals surface area contributed by atoms with Gasteiger partial charge in [-0.15, -0.1) is 0 Å². The Morgan fingerprint density at radius 3 is 1.68 bits per heavy atom. The molecule has 1 aliphatic carbocycles. The summed E-state index contributed by atoms with van der Waals surface area (Å²) < 4.78 is 0. The van der Waals surface area contributed by atoms with Crippen LogP contribution in [0.5, 0.6) is 11.5 Å². The fourth-order valence-corrected chi connectivity index (χ4v) is 4.19. The van der Waals surface area contributed by atoms with E-state index >= 15 is 0 Å². The lowest BCUT2D eigenvalue weighted by atomic mass is 9.58. The summed E-state index contributed by atoms with van der Waals surface area (Å²) in [6.45, 7) is 4.66. The first kappa shape index (κ1) is 15.0. The molecule has 0 amide bonds. The van der Waals surface area contributed by atoms with Crippen molar-refractivity contribution in [1.29, 1.82) is 0 Å². The maximum atomic E-state index is 9.62. The smallest absolute Gasteiger partial charge is 0.115 e. The zero-order chi connectivity index (χ0) is 15.7. The van der Waals surface area contributed by atoms with Crippen LogP contribution >= 0.6 is 0 Å². The van der Waals surface area contributed by atoms with Crippen molar-refractivity contribution >= 4 is 0 Å². The first-order valence-corrected chi connectivity index (χ1v) is 8.11. The minimum absolute atomic E-state index is 0.0338. The maximum Gasteiger partial charge on any atom is 0.115 e. The molecule has 2 N–H and O–H groups in total. The molecule has 1 aliphatic rings. The Morgan fingerprint density at radius 2 is 1.27 bits per heavy atom. The van der Waals surface area contributed by atoms with E-state index in [4.69, 9.17) is 0 Å². The molecule has 1 saturated carbocycles. The first-order chi connectivity index (χ1) is 10.5. The normalized spacial score (nSPS) is 24.1. The van der Waals surface area contributed by atoms with Gasteiger partial charge in [0.25, 0.3) is 0 Å². The average Bonchev–Trinajstić information content (AvgIpc) is 2.50. The highest BCUT2D eigenvalue weighted by Gasteiger charge is 2.42. The summed E-state index contributed by atoms with van der Waals surface area (Å²) >= 11 is 0. The van der Waals surface area contributed by atoms with E-state index in [1.807, 2.05) is 0 Å². The highest BCUT2D eigenvalue weighted by molar-refractivity contribution is 5.44. The van der Waals surface area contributed by atoms with Crippen LogP contribution in [-0.2, 0) is 5.41 Å². The fraction of sp³-hybridized carbons (Fsp3) is 0.400. The zero-order valence-electron chi connectivity index (χ0n) is 13.3. The van der Waals surface area contributed by atoms with Crippen LogP contribution in [0.4, 0.5) is 0 Å². The van der Waals surface area contributed by atoms with Gasteiger partial charge in [0.2, 0.25) is 0 Å².